The van der Waals surface area contributed by atoms with E-state index in [0.29, 0.717) is 16.9 Å². The van der Waals surface area contributed by atoms with E-state index in [0.717, 1.165) is 28.5 Å². The summed E-state index contributed by atoms with van der Waals surface area (Å²) in [5, 5.41) is 10.1. The van der Waals surface area contributed by atoms with Crippen LogP contribution in [0.25, 0.3) is 10.9 Å². The van der Waals surface area contributed by atoms with Gasteiger partial charge in [-0.1, -0.05) is 34.8 Å². The first-order valence-corrected chi connectivity index (χ1v) is 7.28. The maximum atomic E-state index is 11.4. The average Bonchev–Trinajstić information content (AvgIpc) is 2.90. The Bertz CT molecular complexity index is 648. The fraction of sp³-hybridized carbons (Fsp3) is 0.333. The van der Waals surface area contributed by atoms with Gasteiger partial charge in [0.05, 0.1) is 11.1 Å². The van der Waals surface area contributed by atoms with Crippen LogP contribution < -0.4 is 0 Å². The van der Waals surface area contributed by atoms with Gasteiger partial charge in [0.25, 0.3) is 0 Å². The van der Waals surface area contributed by atoms with Crippen LogP contribution >= 0.6 is 15.9 Å². The Labute approximate surface area is 119 Å². The van der Waals surface area contributed by atoms with Gasteiger partial charge in [0.2, 0.25) is 0 Å². The molecule has 0 atom stereocenters. The van der Waals surface area contributed by atoms with Gasteiger partial charge in [-0.2, -0.15) is 0 Å². The molecule has 0 unspecified atom stereocenters. The zero-order valence-corrected chi connectivity index (χ0v) is 12.0. The molecule has 2 aromatic rings. The lowest BCUT2D eigenvalue weighted by molar-refractivity contribution is 0.0699. The number of hydrogen-bond donors (Lipinski definition) is 1. The average molecular weight is 320 g/mol. The number of carbonyl (C=O) groups is 1. The maximum Gasteiger partial charge on any atom is 0.336 e. The molecule has 1 aromatic carbocycles. The van der Waals surface area contributed by atoms with Crippen LogP contribution in [0.2, 0.25) is 0 Å². The van der Waals surface area contributed by atoms with Crippen molar-refractivity contribution >= 4 is 32.8 Å². The van der Waals surface area contributed by atoms with E-state index in [9.17, 15) is 9.90 Å². The Balaban J connectivity index is 2.21. The molecule has 1 aromatic heterocycles. The normalized spacial score (nSPS) is 16.1. The van der Waals surface area contributed by atoms with Gasteiger partial charge in [-0.05, 0) is 31.0 Å². The summed E-state index contributed by atoms with van der Waals surface area (Å²) in [4.78, 5) is 16.1. The number of rotatable bonds is 2. The molecule has 3 nitrogen and oxygen atoms in total. The second-order valence-electron chi connectivity index (χ2n) is 5.04. The third-order valence-corrected chi connectivity index (χ3v) is 4.29. The molecule has 1 aliphatic rings. The number of nitrogens with zero attached hydrogens (tertiary/aromatic N) is 1. The van der Waals surface area contributed by atoms with Gasteiger partial charge >= 0.3 is 5.97 Å². The molecule has 1 saturated carbocycles. The van der Waals surface area contributed by atoms with E-state index >= 15 is 0 Å². The van der Waals surface area contributed by atoms with Crippen molar-refractivity contribution in [3.63, 3.8) is 0 Å². The van der Waals surface area contributed by atoms with Crippen LogP contribution in [-0.2, 0) is 0 Å². The number of carboxylic acid groups (broad SMARTS) is 1. The SMILES string of the molecule is O=C(O)c1cc(C2CCCC2)nc2cc(Br)ccc12. The minimum Gasteiger partial charge on any atom is -0.478 e. The monoisotopic (exact) mass is 319 g/mol. The van der Waals surface area contributed by atoms with E-state index < -0.39 is 5.97 Å². The molecule has 98 valence electrons. The Kier molecular flexibility index (Phi) is 3.27. The molecule has 0 bridgehead atoms. The fourth-order valence-electron chi connectivity index (χ4n) is 2.83. The maximum absolute atomic E-state index is 11.4. The first-order chi connectivity index (χ1) is 9.15. The lowest BCUT2D eigenvalue weighted by atomic mass is 9.99. The van der Waals surface area contributed by atoms with Crippen molar-refractivity contribution in [3.05, 3.63) is 40.0 Å². The minimum absolute atomic E-state index is 0.361. The van der Waals surface area contributed by atoms with Crippen molar-refractivity contribution in [2.24, 2.45) is 0 Å². The van der Waals surface area contributed by atoms with Crippen molar-refractivity contribution in [2.45, 2.75) is 31.6 Å². The number of halogens is 1. The zero-order valence-electron chi connectivity index (χ0n) is 10.4. The molecule has 1 fully saturated rings. The molecule has 1 aliphatic carbocycles. The van der Waals surface area contributed by atoms with Gasteiger partial charge < -0.3 is 5.11 Å². The van der Waals surface area contributed by atoms with Gasteiger partial charge in [0.1, 0.15) is 0 Å². The van der Waals surface area contributed by atoms with Crippen molar-refractivity contribution in [2.75, 3.05) is 0 Å². The largest absolute Gasteiger partial charge is 0.478 e. The van der Waals surface area contributed by atoms with Crippen molar-refractivity contribution in [3.8, 4) is 0 Å². The molecule has 1 N–H and O–H groups in total. The highest BCUT2D eigenvalue weighted by Crippen LogP contribution is 2.35. The summed E-state index contributed by atoms with van der Waals surface area (Å²) in [5.41, 5.74) is 2.05. The van der Waals surface area contributed by atoms with E-state index in [2.05, 4.69) is 20.9 Å². The van der Waals surface area contributed by atoms with E-state index in [1.807, 2.05) is 18.2 Å². The van der Waals surface area contributed by atoms with Crippen LogP contribution in [0.4, 0.5) is 0 Å². The summed E-state index contributed by atoms with van der Waals surface area (Å²) in [6.45, 7) is 0. The number of pyridine rings is 1. The quantitative estimate of drug-likeness (QED) is 0.895. The first-order valence-electron chi connectivity index (χ1n) is 6.48. The predicted molar refractivity (Wildman–Crippen MR) is 77.6 cm³/mol. The highest BCUT2D eigenvalue weighted by Gasteiger charge is 2.21. The summed E-state index contributed by atoms with van der Waals surface area (Å²) in [6.07, 6.45) is 4.66. The first kappa shape index (κ1) is 12.6. The molecule has 19 heavy (non-hydrogen) atoms. The highest BCUT2D eigenvalue weighted by atomic mass is 79.9. The van der Waals surface area contributed by atoms with Gasteiger partial charge in [-0.25, -0.2) is 4.79 Å². The topological polar surface area (TPSA) is 50.2 Å². The molecule has 0 saturated heterocycles. The van der Waals surface area contributed by atoms with E-state index in [1.165, 1.54) is 12.8 Å². The molecule has 0 amide bonds. The van der Waals surface area contributed by atoms with Crippen LogP contribution in [0, 0.1) is 0 Å². The lowest BCUT2D eigenvalue weighted by Crippen LogP contribution is -2.04. The minimum atomic E-state index is -0.881. The summed E-state index contributed by atoms with van der Waals surface area (Å²) in [7, 11) is 0. The summed E-state index contributed by atoms with van der Waals surface area (Å²) < 4.78 is 0.924. The summed E-state index contributed by atoms with van der Waals surface area (Å²) in [5.74, 6) is -0.463. The highest BCUT2D eigenvalue weighted by molar-refractivity contribution is 9.10. The lowest BCUT2D eigenvalue weighted by Gasteiger charge is -2.12. The third-order valence-electron chi connectivity index (χ3n) is 3.80. The number of carboxylic acids is 1. The predicted octanol–water partition coefficient (Wildman–Crippen LogP) is 4.35. The van der Waals surface area contributed by atoms with E-state index in [4.69, 9.17) is 0 Å². The summed E-state index contributed by atoms with van der Waals surface area (Å²) >= 11 is 3.41. The smallest absolute Gasteiger partial charge is 0.336 e. The summed E-state index contributed by atoms with van der Waals surface area (Å²) in [6, 6.07) is 7.31. The van der Waals surface area contributed by atoms with E-state index in [1.54, 1.807) is 6.07 Å². The molecule has 1 heterocycles. The van der Waals surface area contributed by atoms with Crippen LogP contribution in [0.3, 0.4) is 0 Å². The van der Waals surface area contributed by atoms with Crippen molar-refractivity contribution in [1.82, 2.24) is 4.98 Å². The zero-order chi connectivity index (χ0) is 13.4. The second-order valence-corrected chi connectivity index (χ2v) is 5.96. The van der Waals surface area contributed by atoms with Gasteiger partial charge in [0, 0.05) is 21.5 Å². The van der Waals surface area contributed by atoms with Gasteiger partial charge in [-0.15, -0.1) is 0 Å². The molecular formula is C15H14BrNO2. The van der Waals surface area contributed by atoms with Crippen molar-refractivity contribution < 1.29 is 9.90 Å². The van der Waals surface area contributed by atoms with Crippen LogP contribution in [-0.4, -0.2) is 16.1 Å². The molecular weight excluding hydrogens is 306 g/mol. The molecule has 4 heteroatoms. The van der Waals surface area contributed by atoms with Crippen LogP contribution in [0.1, 0.15) is 47.7 Å². The van der Waals surface area contributed by atoms with Crippen molar-refractivity contribution in [1.29, 1.82) is 0 Å². The third kappa shape index (κ3) is 2.37. The molecule has 3 rings (SSSR count). The Morgan fingerprint density at radius 3 is 2.68 bits per heavy atom. The standard InChI is InChI=1S/C15H14BrNO2/c16-10-5-6-11-12(15(18)19)8-13(17-14(11)7-10)9-3-1-2-4-9/h5-9H,1-4H2,(H,18,19). The number of aromatic nitrogens is 1. The number of aromatic carboxylic acids is 1. The number of fused-ring (bicyclic) bond motifs is 1. The van der Waals surface area contributed by atoms with Crippen LogP contribution in [0.5, 0.6) is 0 Å². The molecule has 0 radical (unpaired) electrons. The van der Waals surface area contributed by atoms with Gasteiger partial charge in [-0.3, -0.25) is 4.98 Å². The fourth-order valence-corrected chi connectivity index (χ4v) is 3.18. The second kappa shape index (κ2) is 4.93. The molecule has 0 spiro atoms. The van der Waals surface area contributed by atoms with Gasteiger partial charge in [0.15, 0.2) is 0 Å². The Hall–Kier alpha value is -1.42. The van der Waals surface area contributed by atoms with E-state index in [-0.39, 0.29) is 0 Å². The number of benzene rings is 1. The van der Waals surface area contributed by atoms with Crippen LogP contribution in [0.15, 0.2) is 28.7 Å². The molecule has 0 aliphatic heterocycles. The number of hydrogen-bond acceptors (Lipinski definition) is 2. The Morgan fingerprint density at radius 1 is 1.26 bits per heavy atom. The Morgan fingerprint density at radius 2 is 2.00 bits per heavy atom.